The number of aromatic hydroxyl groups is 1. The number of nitrogens with one attached hydrogen (secondary N) is 1. The highest BCUT2D eigenvalue weighted by Gasteiger charge is 2.25. The van der Waals surface area contributed by atoms with Gasteiger partial charge in [-0.05, 0) is 37.1 Å². The Morgan fingerprint density at radius 3 is 2.64 bits per heavy atom. The first-order valence-corrected chi connectivity index (χ1v) is 9.96. The highest BCUT2D eigenvalue weighted by Crippen LogP contribution is 2.23. The van der Waals surface area contributed by atoms with E-state index in [1.54, 1.807) is 19.2 Å². The zero-order valence-electron chi connectivity index (χ0n) is 15.7. The Kier molecular flexibility index (Phi) is 6.57. The Hall–Kier alpha value is -2.54. The highest BCUT2D eigenvalue weighted by atomic mass is 79.9. The summed E-state index contributed by atoms with van der Waals surface area (Å²) in [5.41, 5.74) is 1.11. The number of methoxy groups -OCH3 is 1. The first-order chi connectivity index (χ1) is 13.5. The molecule has 1 fully saturated rings. The van der Waals surface area contributed by atoms with Crippen molar-refractivity contribution in [1.29, 1.82) is 0 Å². The predicted molar refractivity (Wildman–Crippen MR) is 110 cm³/mol. The fourth-order valence-electron chi connectivity index (χ4n) is 3.35. The average molecular weight is 447 g/mol. The van der Waals surface area contributed by atoms with E-state index >= 15 is 0 Å². The summed E-state index contributed by atoms with van der Waals surface area (Å²) in [7, 11) is 1.60. The van der Waals surface area contributed by atoms with Crippen LogP contribution in [0.4, 0.5) is 0 Å². The molecule has 2 N–H and O–H groups in total. The van der Waals surface area contributed by atoms with Crippen molar-refractivity contribution in [3.05, 3.63) is 58.1 Å². The van der Waals surface area contributed by atoms with E-state index in [1.807, 2.05) is 29.2 Å². The van der Waals surface area contributed by atoms with E-state index in [-0.39, 0.29) is 29.2 Å². The lowest BCUT2D eigenvalue weighted by molar-refractivity contribution is -0.131. The van der Waals surface area contributed by atoms with Gasteiger partial charge in [-0.25, -0.2) is 0 Å². The number of amides is 2. The molecule has 0 spiro atoms. The maximum Gasteiger partial charge on any atom is 0.255 e. The number of phenolic OH excluding ortho intramolecular Hbond substituents is 1. The zero-order chi connectivity index (χ0) is 20.1. The third kappa shape index (κ3) is 4.84. The fourth-order valence-corrected chi connectivity index (χ4v) is 3.71. The molecule has 7 heteroatoms. The molecule has 0 radical (unpaired) electrons. The SMILES string of the molecule is COc1ccccc1CC(=O)N1CCC(NC(=O)c2cc(Br)ccc2O)CC1. The molecule has 0 atom stereocenters. The Bertz CT molecular complexity index is 863. The van der Waals surface area contributed by atoms with Gasteiger partial charge in [0.15, 0.2) is 0 Å². The molecule has 1 heterocycles. The van der Waals surface area contributed by atoms with Crippen molar-refractivity contribution in [1.82, 2.24) is 10.2 Å². The van der Waals surface area contributed by atoms with Gasteiger partial charge in [-0.2, -0.15) is 0 Å². The second kappa shape index (κ2) is 9.10. The maximum atomic E-state index is 12.6. The van der Waals surface area contributed by atoms with E-state index < -0.39 is 0 Å². The summed E-state index contributed by atoms with van der Waals surface area (Å²) < 4.78 is 6.04. The number of halogens is 1. The zero-order valence-corrected chi connectivity index (χ0v) is 17.2. The molecule has 6 nitrogen and oxygen atoms in total. The van der Waals surface area contributed by atoms with Gasteiger partial charge in [-0.3, -0.25) is 9.59 Å². The van der Waals surface area contributed by atoms with E-state index in [1.165, 1.54) is 6.07 Å². The third-order valence-corrected chi connectivity index (χ3v) is 5.41. The van der Waals surface area contributed by atoms with Gasteiger partial charge in [0.2, 0.25) is 5.91 Å². The molecule has 2 aromatic rings. The van der Waals surface area contributed by atoms with Crippen LogP contribution in [0.25, 0.3) is 0 Å². The standard InChI is InChI=1S/C21H23BrN2O4/c1-28-19-5-3-2-4-14(19)12-20(26)24-10-8-16(9-11-24)23-21(27)17-13-15(22)6-7-18(17)25/h2-7,13,16,25H,8-12H2,1H3,(H,23,27). The first kappa shape index (κ1) is 20.2. The van der Waals surface area contributed by atoms with Crippen LogP contribution in [0.2, 0.25) is 0 Å². The number of carbonyl (C=O) groups excluding carboxylic acids is 2. The summed E-state index contributed by atoms with van der Waals surface area (Å²) in [4.78, 5) is 26.9. The molecule has 28 heavy (non-hydrogen) atoms. The molecule has 0 bridgehead atoms. The second-order valence-corrected chi connectivity index (χ2v) is 7.69. The van der Waals surface area contributed by atoms with Crippen molar-refractivity contribution >= 4 is 27.7 Å². The molecule has 0 aromatic heterocycles. The molecule has 2 aromatic carbocycles. The maximum absolute atomic E-state index is 12.6. The van der Waals surface area contributed by atoms with Gasteiger partial charge < -0.3 is 20.1 Å². The number of hydrogen-bond acceptors (Lipinski definition) is 4. The average Bonchev–Trinajstić information content (AvgIpc) is 2.70. The number of hydrogen-bond donors (Lipinski definition) is 2. The Labute approximate surface area is 172 Å². The number of carbonyl (C=O) groups is 2. The summed E-state index contributed by atoms with van der Waals surface area (Å²) in [5.74, 6) is 0.411. The third-order valence-electron chi connectivity index (χ3n) is 4.92. The predicted octanol–water partition coefficient (Wildman–Crippen LogP) is 3.13. The second-order valence-electron chi connectivity index (χ2n) is 6.78. The smallest absolute Gasteiger partial charge is 0.255 e. The highest BCUT2D eigenvalue weighted by molar-refractivity contribution is 9.10. The van der Waals surface area contributed by atoms with E-state index in [2.05, 4.69) is 21.2 Å². The number of likely N-dealkylation sites (tertiary alicyclic amines) is 1. The monoisotopic (exact) mass is 446 g/mol. The van der Waals surface area contributed by atoms with E-state index in [0.717, 1.165) is 10.0 Å². The minimum atomic E-state index is -0.308. The molecule has 1 aliphatic rings. The van der Waals surface area contributed by atoms with Crippen LogP contribution >= 0.6 is 15.9 Å². The molecular formula is C21H23BrN2O4. The van der Waals surface area contributed by atoms with Crippen LogP contribution in [0, 0.1) is 0 Å². The fraction of sp³-hybridized carbons (Fsp3) is 0.333. The van der Waals surface area contributed by atoms with Gasteiger partial charge in [-0.15, -0.1) is 0 Å². The number of rotatable bonds is 5. The molecule has 1 aliphatic heterocycles. The number of ether oxygens (including phenoxy) is 1. The number of piperidine rings is 1. The molecule has 0 saturated carbocycles. The van der Waals surface area contributed by atoms with E-state index in [4.69, 9.17) is 4.74 Å². The van der Waals surface area contributed by atoms with Crippen LogP contribution in [-0.2, 0) is 11.2 Å². The summed E-state index contributed by atoms with van der Waals surface area (Å²) in [6.45, 7) is 1.17. The minimum absolute atomic E-state index is 0.0267. The van der Waals surface area contributed by atoms with Gasteiger partial charge in [-0.1, -0.05) is 34.1 Å². The molecular weight excluding hydrogens is 424 g/mol. The summed E-state index contributed by atoms with van der Waals surface area (Å²) in [6, 6.07) is 12.2. The van der Waals surface area contributed by atoms with Crippen LogP contribution in [-0.4, -0.2) is 48.1 Å². The lowest BCUT2D eigenvalue weighted by atomic mass is 10.0. The number of nitrogens with zero attached hydrogens (tertiary/aromatic N) is 1. The molecule has 148 valence electrons. The van der Waals surface area contributed by atoms with Crippen LogP contribution < -0.4 is 10.1 Å². The van der Waals surface area contributed by atoms with Gasteiger partial charge in [0.1, 0.15) is 11.5 Å². The normalized spacial score (nSPS) is 14.6. The Morgan fingerprint density at radius 2 is 1.93 bits per heavy atom. The van der Waals surface area contributed by atoms with Crippen LogP contribution in [0.5, 0.6) is 11.5 Å². The largest absolute Gasteiger partial charge is 0.507 e. The van der Waals surface area contributed by atoms with E-state index in [9.17, 15) is 14.7 Å². The van der Waals surface area contributed by atoms with Crippen molar-refractivity contribution in [2.75, 3.05) is 20.2 Å². The molecule has 2 amide bonds. The Balaban J connectivity index is 1.53. The topological polar surface area (TPSA) is 78.9 Å². The van der Waals surface area contributed by atoms with Crippen molar-refractivity contribution in [3.8, 4) is 11.5 Å². The summed E-state index contributed by atoms with van der Waals surface area (Å²) in [6.07, 6.45) is 1.66. The number of para-hydroxylation sites is 1. The Morgan fingerprint density at radius 1 is 1.21 bits per heavy atom. The summed E-state index contributed by atoms with van der Waals surface area (Å²) in [5, 5.41) is 12.8. The first-order valence-electron chi connectivity index (χ1n) is 9.17. The van der Waals surface area contributed by atoms with Crippen LogP contribution in [0.15, 0.2) is 46.9 Å². The lowest BCUT2D eigenvalue weighted by Gasteiger charge is -2.32. The van der Waals surface area contributed by atoms with Crippen molar-refractivity contribution in [2.24, 2.45) is 0 Å². The quantitative estimate of drug-likeness (QED) is 0.739. The molecule has 0 unspecified atom stereocenters. The van der Waals surface area contributed by atoms with Gasteiger partial charge in [0, 0.05) is 29.2 Å². The summed E-state index contributed by atoms with van der Waals surface area (Å²) >= 11 is 3.31. The van der Waals surface area contributed by atoms with Crippen LogP contribution in [0.1, 0.15) is 28.8 Å². The van der Waals surface area contributed by atoms with Crippen molar-refractivity contribution < 1.29 is 19.4 Å². The number of benzene rings is 2. The minimum Gasteiger partial charge on any atom is -0.507 e. The van der Waals surface area contributed by atoms with Gasteiger partial charge >= 0.3 is 0 Å². The molecule has 1 saturated heterocycles. The van der Waals surface area contributed by atoms with Gasteiger partial charge in [0.05, 0.1) is 19.1 Å². The lowest BCUT2D eigenvalue weighted by Crippen LogP contribution is -2.47. The van der Waals surface area contributed by atoms with E-state index in [0.29, 0.717) is 38.1 Å². The van der Waals surface area contributed by atoms with Crippen LogP contribution in [0.3, 0.4) is 0 Å². The molecule has 0 aliphatic carbocycles. The van der Waals surface area contributed by atoms with Gasteiger partial charge in [0.25, 0.3) is 5.91 Å². The molecule has 3 rings (SSSR count). The van der Waals surface area contributed by atoms with Crippen molar-refractivity contribution in [2.45, 2.75) is 25.3 Å². The number of phenols is 1. The van der Waals surface area contributed by atoms with Crippen molar-refractivity contribution in [3.63, 3.8) is 0 Å².